The molecule has 0 aliphatic carbocycles. The number of sulfonamides is 1. The molecule has 0 amide bonds. The van der Waals surface area contributed by atoms with Crippen molar-refractivity contribution in [2.24, 2.45) is 0 Å². The number of H-pyrrole nitrogens is 1. The number of nitrogens with zero attached hydrogens (tertiary/aromatic N) is 3. The lowest BCUT2D eigenvalue weighted by molar-refractivity contribution is -0.274. The first-order valence-electron chi connectivity index (χ1n) is 9.23. The molecule has 1 aliphatic rings. The topological polar surface area (TPSA) is 78.5 Å². The van der Waals surface area contributed by atoms with E-state index in [4.69, 9.17) is 0 Å². The van der Waals surface area contributed by atoms with Crippen LogP contribution < -0.4 is 4.74 Å². The van der Waals surface area contributed by atoms with Crippen LogP contribution in [0.25, 0.3) is 11.0 Å². The first-order chi connectivity index (χ1) is 14.2. The second-order valence-electron chi connectivity index (χ2n) is 6.90. The highest BCUT2D eigenvalue weighted by atomic mass is 32.2. The Bertz CT molecular complexity index is 1090. The molecule has 1 N–H and O–H groups in total. The predicted molar refractivity (Wildman–Crippen MR) is 103 cm³/mol. The van der Waals surface area contributed by atoms with Gasteiger partial charge in [-0.05, 0) is 36.4 Å². The molecule has 1 aliphatic heterocycles. The molecule has 2 heterocycles. The minimum absolute atomic E-state index is 0.0669. The Hall–Kier alpha value is -2.63. The average Bonchev–Trinajstić information content (AvgIpc) is 3.10. The maximum Gasteiger partial charge on any atom is 0.573 e. The third-order valence-corrected chi connectivity index (χ3v) is 6.75. The molecular formula is C19H19F3N4O3S. The fourth-order valence-corrected chi connectivity index (χ4v) is 4.80. The van der Waals surface area contributed by atoms with Crippen LogP contribution in [0.2, 0.25) is 0 Å². The minimum atomic E-state index is -4.82. The first kappa shape index (κ1) is 20.6. The average molecular weight is 440 g/mol. The Balaban J connectivity index is 1.37. The van der Waals surface area contributed by atoms with E-state index < -0.39 is 22.1 Å². The van der Waals surface area contributed by atoms with Crippen LogP contribution in [0, 0.1) is 0 Å². The van der Waals surface area contributed by atoms with Crippen LogP contribution in [0.15, 0.2) is 53.4 Å². The fraction of sp³-hybridized carbons (Fsp3) is 0.316. The van der Waals surface area contributed by atoms with Gasteiger partial charge in [0.15, 0.2) is 0 Å². The largest absolute Gasteiger partial charge is 0.573 e. The Morgan fingerprint density at radius 2 is 1.67 bits per heavy atom. The van der Waals surface area contributed by atoms with Gasteiger partial charge in [-0.3, -0.25) is 4.90 Å². The lowest BCUT2D eigenvalue weighted by atomic mass is 10.3. The number of rotatable bonds is 5. The number of aromatic nitrogens is 2. The van der Waals surface area contributed by atoms with Gasteiger partial charge >= 0.3 is 6.36 Å². The van der Waals surface area contributed by atoms with Crippen LogP contribution in [0.1, 0.15) is 5.82 Å². The molecule has 1 saturated heterocycles. The molecule has 1 aromatic heterocycles. The second-order valence-corrected chi connectivity index (χ2v) is 8.84. The van der Waals surface area contributed by atoms with E-state index in [2.05, 4.69) is 19.6 Å². The summed E-state index contributed by atoms with van der Waals surface area (Å²) in [6.45, 7) is 2.18. The molecule has 30 heavy (non-hydrogen) atoms. The zero-order valence-electron chi connectivity index (χ0n) is 15.8. The molecule has 0 radical (unpaired) electrons. The number of halogens is 3. The lowest BCUT2D eigenvalue weighted by Crippen LogP contribution is -2.48. The molecule has 3 aromatic rings. The highest BCUT2D eigenvalue weighted by Gasteiger charge is 2.32. The van der Waals surface area contributed by atoms with E-state index >= 15 is 0 Å². The number of ether oxygens (including phenoxy) is 1. The van der Waals surface area contributed by atoms with Crippen molar-refractivity contribution < 1.29 is 26.3 Å². The molecule has 160 valence electrons. The summed E-state index contributed by atoms with van der Waals surface area (Å²) in [7, 11) is -3.79. The Morgan fingerprint density at radius 3 is 2.30 bits per heavy atom. The summed E-state index contributed by atoms with van der Waals surface area (Å²) in [4.78, 5) is 9.82. The quantitative estimate of drug-likeness (QED) is 0.660. The number of hydrogen-bond donors (Lipinski definition) is 1. The van der Waals surface area contributed by atoms with Gasteiger partial charge in [0.05, 0.1) is 22.5 Å². The Kier molecular flexibility index (Phi) is 5.43. The molecule has 0 atom stereocenters. The molecule has 11 heteroatoms. The van der Waals surface area contributed by atoms with Crippen LogP contribution in [-0.2, 0) is 16.6 Å². The summed E-state index contributed by atoms with van der Waals surface area (Å²) >= 11 is 0. The smallest absolute Gasteiger partial charge is 0.406 e. The minimum Gasteiger partial charge on any atom is -0.406 e. The van der Waals surface area contributed by atoms with E-state index in [0.29, 0.717) is 19.6 Å². The lowest BCUT2D eigenvalue weighted by Gasteiger charge is -2.33. The van der Waals surface area contributed by atoms with Gasteiger partial charge in [-0.25, -0.2) is 13.4 Å². The number of imidazole rings is 1. The molecule has 0 saturated carbocycles. The number of benzene rings is 2. The summed E-state index contributed by atoms with van der Waals surface area (Å²) in [6, 6.07) is 11.9. The van der Waals surface area contributed by atoms with Crippen molar-refractivity contribution in [3.05, 3.63) is 54.4 Å². The number of fused-ring (bicyclic) bond motifs is 1. The molecule has 7 nitrogen and oxygen atoms in total. The van der Waals surface area contributed by atoms with Gasteiger partial charge in [0.1, 0.15) is 11.6 Å². The van der Waals surface area contributed by atoms with Gasteiger partial charge < -0.3 is 9.72 Å². The number of piperazine rings is 1. The van der Waals surface area contributed by atoms with Crippen molar-refractivity contribution in [1.29, 1.82) is 0 Å². The van der Waals surface area contributed by atoms with Gasteiger partial charge in [-0.15, -0.1) is 13.2 Å². The summed E-state index contributed by atoms with van der Waals surface area (Å²) in [5.74, 6) is 0.352. The maximum atomic E-state index is 12.8. The second kappa shape index (κ2) is 7.89. The van der Waals surface area contributed by atoms with Crippen LogP contribution in [0.5, 0.6) is 5.75 Å². The molecule has 0 bridgehead atoms. The highest BCUT2D eigenvalue weighted by Crippen LogP contribution is 2.25. The van der Waals surface area contributed by atoms with Crippen molar-refractivity contribution in [3.63, 3.8) is 0 Å². The third-order valence-electron chi connectivity index (χ3n) is 4.84. The molecular weight excluding hydrogens is 421 g/mol. The van der Waals surface area contributed by atoms with E-state index in [1.807, 2.05) is 24.3 Å². The van der Waals surface area contributed by atoms with Crippen LogP contribution >= 0.6 is 0 Å². The van der Waals surface area contributed by atoms with Crippen LogP contribution in [0.4, 0.5) is 13.2 Å². The van der Waals surface area contributed by atoms with E-state index in [-0.39, 0.29) is 18.0 Å². The maximum absolute atomic E-state index is 12.8. The molecule has 1 fully saturated rings. The monoisotopic (exact) mass is 440 g/mol. The highest BCUT2D eigenvalue weighted by molar-refractivity contribution is 7.89. The molecule has 4 rings (SSSR count). The van der Waals surface area contributed by atoms with Gasteiger partial charge in [-0.1, -0.05) is 12.1 Å². The van der Waals surface area contributed by atoms with Crippen molar-refractivity contribution in [2.75, 3.05) is 26.2 Å². The first-order valence-corrected chi connectivity index (χ1v) is 10.7. The number of alkyl halides is 3. The molecule has 0 unspecified atom stereocenters. The Morgan fingerprint density at radius 1 is 1.00 bits per heavy atom. The van der Waals surface area contributed by atoms with E-state index in [9.17, 15) is 21.6 Å². The summed E-state index contributed by atoms with van der Waals surface area (Å²) in [6.07, 6.45) is -4.82. The van der Waals surface area contributed by atoms with Crippen molar-refractivity contribution >= 4 is 21.1 Å². The summed E-state index contributed by atoms with van der Waals surface area (Å²) in [5.41, 5.74) is 1.83. The van der Waals surface area contributed by atoms with Gasteiger partial charge in [-0.2, -0.15) is 4.31 Å². The van der Waals surface area contributed by atoms with Crippen LogP contribution in [-0.4, -0.2) is 60.1 Å². The van der Waals surface area contributed by atoms with E-state index in [1.165, 1.54) is 4.31 Å². The fourth-order valence-electron chi connectivity index (χ4n) is 3.38. The van der Waals surface area contributed by atoms with Gasteiger partial charge in [0.25, 0.3) is 0 Å². The normalized spacial score (nSPS) is 16.8. The number of hydrogen-bond acceptors (Lipinski definition) is 5. The molecule has 0 spiro atoms. The summed E-state index contributed by atoms with van der Waals surface area (Å²) < 4.78 is 67.5. The van der Waals surface area contributed by atoms with Crippen LogP contribution in [0.3, 0.4) is 0 Å². The van der Waals surface area contributed by atoms with Gasteiger partial charge in [0, 0.05) is 26.2 Å². The SMILES string of the molecule is O=S(=O)(c1ccc(OC(F)(F)F)cc1)N1CCN(Cc2nc3ccccc3[nH]2)CC1. The number of nitrogens with one attached hydrogen (secondary N) is 1. The van der Waals surface area contributed by atoms with Crippen molar-refractivity contribution in [3.8, 4) is 5.75 Å². The Labute approximate surface area is 171 Å². The third kappa shape index (κ3) is 4.58. The van der Waals surface area contributed by atoms with E-state index in [1.54, 1.807) is 0 Å². The van der Waals surface area contributed by atoms with E-state index in [0.717, 1.165) is 41.1 Å². The van der Waals surface area contributed by atoms with Gasteiger partial charge in [0.2, 0.25) is 10.0 Å². The predicted octanol–water partition coefficient (Wildman–Crippen LogP) is 2.97. The molecule has 2 aromatic carbocycles. The zero-order valence-corrected chi connectivity index (χ0v) is 16.6. The van der Waals surface area contributed by atoms with Crippen molar-refractivity contribution in [2.45, 2.75) is 17.8 Å². The van der Waals surface area contributed by atoms with Crippen molar-refractivity contribution in [1.82, 2.24) is 19.2 Å². The standard InChI is InChI=1S/C19H19F3N4O3S/c20-19(21,22)29-14-5-7-15(8-6-14)30(27,28)26-11-9-25(10-12-26)13-18-23-16-3-1-2-4-17(16)24-18/h1-8H,9-13H2,(H,23,24). The zero-order chi connectivity index (χ0) is 21.4. The number of para-hydroxylation sites is 2. The number of aromatic amines is 1. The summed E-state index contributed by atoms with van der Waals surface area (Å²) in [5, 5.41) is 0.